The predicted molar refractivity (Wildman–Crippen MR) is 524 cm³/mol. The van der Waals surface area contributed by atoms with Gasteiger partial charge in [-0.3, -0.25) is 9.59 Å². The first-order chi connectivity index (χ1) is 60.3. The molecule has 0 spiro atoms. The molecule has 16 nitrogen and oxygen atoms in total. The topological polar surface area (TPSA) is 174 Å². The van der Waals surface area contributed by atoms with E-state index >= 15 is 0 Å². The third-order valence-corrected chi connectivity index (χ3v) is 47.0. The molecule has 0 aliphatic carbocycles. The average Bonchev–Trinajstić information content (AvgIpc) is 1.46. The van der Waals surface area contributed by atoms with Crippen molar-refractivity contribution in [3.63, 3.8) is 0 Å². The van der Waals surface area contributed by atoms with Crippen molar-refractivity contribution >= 4 is 86.7 Å². The molecule has 14 rings (SSSR count). The molecule has 0 radical (unpaired) electrons. The van der Waals surface area contributed by atoms with Crippen LogP contribution >= 0.6 is 0 Å². The highest BCUT2D eigenvalue weighted by molar-refractivity contribution is 7.01. The SMILES string of the molecule is C.C=CC(C[C@H]1O[C@H]2[C@@H](O[Si](c3ccccc3)(c3ccccc3)C(C)(C)C)[C@H]3OC(CCOC(=O)C(C)(C)C)CC[C@@H]3O[C@H]2[C@H]1O[Si](c1ccccc1)(c1ccccc1)C(C)(C)C)OC.C=CC(O)C[C@H]1O[C@H]2[C@@H](O[Si](c3ccccc3)(c3ccccc3)C(C)(C)C)[C@H]3OC(CCOC(=O)C(C)(C)C)CC[C@@H]3O[C@H]2[C@H]1O[Si](c1ccccc1)(c1ccccc1)C(C)(C)C. The molecule has 6 fully saturated rings. The fourth-order valence-electron chi connectivity index (χ4n) is 20.6. The van der Waals surface area contributed by atoms with E-state index in [1.165, 1.54) is 20.7 Å². The second kappa shape index (κ2) is 41.4. The van der Waals surface area contributed by atoms with Crippen LogP contribution in [0.5, 0.6) is 0 Å². The van der Waals surface area contributed by atoms with Gasteiger partial charge in [0.15, 0.2) is 0 Å². The van der Waals surface area contributed by atoms with Gasteiger partial charge in [-0.25, -0.2) is 0 Å². The van der Waals surface area contributed by atoms with Crippen LogP contribution < -0.4 is 41.5 Å². The van der Waals surface area contributed by atoms with Crippen LogP contribution in [0.25, 0.3) is 0 Å². The smallest absolute Gasteiger partial charge is 0.311 e. The molecule has 6 heterocycles. The van der Waals surface area contributed by atoms with Crippen LogP contribution in [0.1, 0.15) is 183 Å². The minimum absolute atomic E-state index is 0. The lowest BCUT2D eigenvalue weighted by atomic mass is 9.88. The number of carbonyl (C=O) groups is 2. The summed E-state index contributed by atoms with van der Waals surface area (Å²) in [4.78, 5) is 25.6. The molecule has 1 N–H and O–H groups in total. The van der Waals surface area contributed by atoms with Crippen LogP contribution in [0.2, 0.25) is 20.2 Å². The molecule has 8 aromatic rings. The first-order valence-corrected chi connectivity index (χ1v) is 53.9. The van der Waals surface area contributed by atoms with Gasteiger partial charge in [0.05, 0.1) is 72.9 Å². The van der Waals surface area contributed by atoms with Crippen molar-refractivity contribution in [3.8, 4) is 0 Å². The quantitative estimate of drug-likeness (QED) is 0.0266. The summed E-state index contributed by atoms with van der Waals surface area (Å²) in [6, 6.07) is 85.7. The molecule has 0 aromatic heterocycles. The zero-order valence-electron chi connectivity index (χ0n) is 78.7. The van der Waals surface area contributed by atoms with E-state index in [0.29, 0.717) is 19.3 Å². The van der Waals surface area contributed by atoms with Gasteiger partial charge in [-0.15, -0.1) is 13.2 Å². The molecule has 128 heavy (non-hydrogen) atoms. The molecule has 690 valence electrons. The van der Waals surface area contributed by atoms with Gasteiger partial charge in [-0.05, 0) is 129 Å². The Hall–Kier alpha value is -7.43. The van der Waals surface area contributed by atoms with Gasteiger partial charge in [0, 0.05) is 32.8 Å². The first kappa shape index (κ1) is 99.6. The van der Waals surface area contributed by atoms with Gasteiger partial charge < -0.3 is 65.4 Å². The number of benzene rings is 8. The van der Waals surface area contributed by atoms with Crippen molar-refractivity contribution < 1.29 is 75.0 Å². The molecule has 0 bridgehead atoms. The van der Waals surface area contributed by atoms with Crippen molar-refractivity contribution in [2.75, 3.05) is 20.3 Å². The summed E-state index contributed by atoms with van der Waals surface area (Å²) in [6.45, 7) is 47.4. The normalized spacial score (nSPS) is 25.7. The van der Waals surface area contributed by atoms with E-state index in [2.05, 4.69) is 339 Å². The lowest BCUT2D eigenvalue weighted by Crippen LogP contribution is -2.73. The number of hydrogen-bond donors (Lipinski definition) is 1. The van der Waals surface area contributed by atoms with Crippen molar-refractivity contribution in [3.05, 3.63) is 268 Å². The number of carbonyl (C=O) groups excluding carboxylic acids is 2. The largest absolute Gasteiger partial charge is 0.465 e. The van der Waals surface area contributed by atoms with E-state index in [-0.39, 0.29) is 89.7 Å². The minimum Gasteiger partial charge on any atom is -0.465 e. The van der Waals surface area contributed by atoms with E-state index in [9.17, 15) is 14.7 Å². The first-order valence-electron chi connectivity index (χ1n) is 46.2. The Kier molecular flexibility index (Phi) is 32.2. The lowest BCUT2D eigenvalue weighted by Gasteiger charge is -2.53. The Labute approximate surface area is 769 Å². The highest BCUT2D eigenvalue weighted by Gasteiger charge is 2.68. The van der Waals surface area contributed by atoms with Gasteiger partial charge in [0.2, 0.25) is 0 Å². The monoisotopic (exact) mass is 1810 g/mol. The zero-order valence-corrected chi connectivity index (χ0v) is 82.7. The molecule has 20 heteroatoms. The number of ether oxygens (including phenoxy) is 9. The van der Waals surface area contributed by atoms with Crippen molar-refractivity contribution in [2.45, 2.75) is 313 Å². The van der Waals surface area contributed by atoms with Crippen molar-refractivity contribution in [1.29, 1.82) is 0 Å². The van der Waals surface area contributed by atoms with Gasteiger partial charge in [0.1, 0.15) is 61.0 Å². The number of esters is 2. The van der Waals surface area contributed by atoms with Crippen molar-refractivity contribution in [1.82, 2.24) is 0 Å². The van der Waals surface area contributed by atoms with E-state index in [4.69, 9.17) is 60.3 Å². The van der Waals surface area contributed by atoms with E-state index in [1.807, 2.05) is 47.6 Å². The van der Waals surface area contributed by atoms with Crippen LogP contribution in [0, 0.1) is 10.8 Å². The zero-order chi connectivity index (χ0) is 91.1. The number of aliphatic hydroxyl groups excluding tert-OH is 1. The van der Waals surface area contributed by atoms with Crippen molar-refractivity contribution in [2.24, 2.45) is 10.8 Å². The second-order valence-corrected chi connectivity index (χ2v) is 58.8. The molecule has 8 aromatic carbocycles. The summed E-state index contributed by atoms with van der Waals surface area (Å²) in [5, 5.41) is 19.4. The maximum absolute atomic E-state index is 12.8. The van der Waals surface area contributed by atoms with E-state index < -0.39 is 123 Å². The van der Waals surface area contributed by atoms with E-state index in [0.717, 1.165) is 46.4 Å². The third-order valence-electron chi connectivity index (χ3n) is 26.9. The van der Waals surface area contributed by atoms with Gasteiger partial charge in [-0.2, -0.15) is 0 Å². The van der Waals surface area contributed by atoms with Crippen LogP contribution in [0.3, 0.4) is 0 Å². The Bertz CT molecular complexity index is 4660. The molecule has 0 saturated carbocycles. The molecule has 6 saturated heterocycles. The fourth-order valence-corrected chi connectivity index (χ4v) is 39.4. The molecular weight excluding hydrogens is 1670 g/mol. The highest BCUT2D eigenvalue weighted by Crippen LogP contribution is 2.52. The lowest BCUT2D eigenvalue weighted by molar-refractivity contribution is -0.256. The molecule has 18 atom stereocenters. The van der Waals surface area contributed by atoms with Gasteiger partial charge >= 0.3 is 11.9 Å². The average molecular weight is 1810 g/mol. The summed E-state index contributed by atoms with van der Waals surface area (Å²) in [7, 11) is -11.0. The number of methoxy groups -OCH3 is 1. The van der Waals surface area contributed by atoms with Gasteiger partial charge in [-0.1, -0.05) is 345 Å². The van der Waals surface area contributed by atoms with Crippen LogP contribution in [0.4, 0.5) is 0 Å². The van der Waals surface area contributed by atoms with Gasteiger partial charge in [0.25, 0.3) is 33.3 Å². The fraction of sp³-hybridized carbons (Fsp3) is 0.500. The Morgan fingerprint density at radius 2 is 0.594 bits per heavy atom. The number of fused-ring (bicyclic) bond motifs is 4. The third kappa shape index (κ3) is 20.8. The highest BCUT2D eigenvalue weighted by atomic mass is 28.4. The Morgan fingerprint density at radius 1 is 0.352 bits per heavy atom. The number of rotatable bonds is 29. The predicted octanol–water partition coefficient (Wildman–Crippen LogP) is 17.0. The number of aliphatic hydroxyl groups is 1. The van der Waals surface area contributed by atoms with Crippen LogP contribution in [-0.4, -0.2) is 181 Å². The molecule has 6 aliphatic heterocycles. The maximum atomic E-state index is 12.8. The summed E-state index contributed by atoms with van der Waals surface area (Å²) >= 11 is 0. The summed E-state index contributed by atoms with van der Waals surface area (Å²) < 4.78 is 94.1. The number of hydrogen-bond acceptors (Lipinski definition) is 16. The summed E-state index contributed by atoms with van der Waals surface area (Å²) in [5.41, 5.74) is -1.18. The van der Waals surface area contributed by atoms with Crippen LogP contribution in [0.15, 0.2) is 268 Å². The summed E-state index contributed by atoms with van der Waals surface area (Å²) in [5.74, 6) is -0.448. The molecule has 6 aliphatic rings. The second-order valence-electron chi connectivity index (χ2n) is 41.8. The van der Waals surface area contributed by atoms with Crippen LogP contribution in [-0.2, 0) is 69.9 Å². The Morgan fingerprint density at radius 3 is 0.820 bits per heavy atom. The maximum Gasteiger partial charge on any atom is 0.311 e. The van der Waals surface area contributed by atoms with E-state index in [1.54, 1.807) is 13.2 Å². The molecule has 4 unspecified atom stereocenters. The molecule has 0 amide bonds. The molecular formula is C108H146O16Si4. The standard InChI is InChI=1S/C54H72O8Si2.C53H70O8Si2.CH4/c1-12-38(56-11)37-45-47(61-63(53(5,6)7,40-25-17-13-18-26-40)41-27-19-14-20-28-41)48-49(60-45)50(46-44(59-48)34-33-39(58-46)35-36-57-51(55)52(2,3)4)62-64(54(8,9)10,42-29-21-15-22-30-42)43-31-23-16-24-32-43;1-11-37(54)36-44-46(60-62(52(5,6)7,39-24-16-12-17-25-39)40-26-18-13-19-27-40)47-48(59-44)49(45-43(58-47)33-32-38(57-45)34-35-56-50(55)51(2,3)4)61-63(53(8,9)10,41-28-20-14-21-29-41)42-30-22-15-23-31-42;/h12-32,38-39,44-50H,1,33-37H2,2-11H3;11-31,37-38,43-49,54H,1,32-36H2,2-10H3;1H4/t38?,39?,44-,45+,46-,47-,48-,49+,50-;37?,38?,43-,44+,45-,46-,47-,48+,49-;/m00./s1. The Balaban J connectivity index is 0.000000230. The summed E-state index contributed by atoms with van der Waals surface area (Å²) in [6.07, 6.45) is -0.201. The minimum atomic E-state index is -3.20.